The van der Waals surface area contributed by atoms with Gasteiger partial charge >= 0.3 is 0 Å². The topological polar surface area (TPSA) is 162 Å². The van der Waals surface area contributed by atoms with Gasteiger partial charge in [0.1, 0.15) is 17.2 Å². The standard InChI is InChI=1S/2C41H24N4O3.C40H25N3O/c1-3-12-35-28(9-1)30-17-20-46-39(30)43(35)26-8-5-7-25(23-26)34-11-6-14-38(42-34)45-37-16-15-27(24-33(37)32-19-22-48-41(32)45)44-36-13-4-2-10-29(36)31-18-21-47-40(31)44;1-3-10-35-29(8-1)31-15-19-46-39(31)44(35)28-12-13-37-34(24-28)33-17-21-47-40(33)43(37)27-7-5-6-25(22-27)26-14-18-42-38(23-26)45-36-11-4-2-9-30(36)32-16-20-48-41(32)45;1-5-16-35-29(12-1)30-13-2-6-17-36(30)43(35)28-20-21-38-34(25-28)31-14-3-7-18-37(31)42(38)27-11-9-10-26(24-27)41-23-22-33-32-15-4-8-19-39(32)44-40(33)41/h2*1-24H;1-25H. The summed E-state index contributed by atoms with van der Waals surface area (Å²) in [4.78, 5) is 9.97. The van der Waals surface area contributed by atoms with Gasteiger partial charge < -0.3 is 40.1 Å². The third kappa shape index (κ3) is 11.4. The minimum absolute atomic E-state index is 0.750. The van der Waals surface area contributed by atoms with E-state index in [1.54, 1.807) is 37.6 Å². The largest absolute Gasteiger partial charge is 0.447 e. The van der Waals surface area contributed by atoms with Gasteiger partial charge in [-0.1, -0.05) is 182 Å². The van der Waals surface area contributed by atoms with E-state index in [0.717, 1.165) is 223 Å². The van der Waals surface area contributed by atoms with E-state index in [9.17, 15) is 0 Å². The highest BCUT2D eigenvalue weighted by atomic mass is 16.4. The predicted octanol–water partition coefficient (Wildman–Crippen LogP) is 32.2. The van der Waals surface area contributed by atoms with Gasteiger partial charge in [0.2, 0.25) is 40.0 Å². The van der Waals surface area contributed by atoms with E-state index < -0.39 is 0 Å². The first-order chi connectivity index (χ1) is 69.5. The fraction of sp³-hybridized carbons (Fsp3) is 0. The number of benzene rings is 14. The van der Waals surface area contributed by atoms with E-state index >= 15 is 0 Å². The van der Waals surface area contributed by atoms with Gasteiger partial charge in [0, 0.05) is 149 Å². The molecular formula is C122H73N11O7. The third-order valence-corrected chi connectivity index (χ3v) is 28.2. The molecule has 0 amide bonds. The van der Waals surface area contributed by atoms with E-state index in [-0.39, 0.29) is 0 Å². The average molecular weight is 1800 g/mol. The Hall–Kier alpha value is -19.5. The van der Waals surface area contributed by atoms with E-state index in [2.05, 4.69) is 369 Å². The molecule has 0 aliphatic carbocycles. The van der Waals surface area contributed by atoms with E-state index in [1.807, 2.05) is 79.0 Å². The summed E-state index contributed by atoms with van der Waals surface area (Å²) in [7, 11) is 0. The zero-order valence-corrected chi connectivity index (χ0v) is 74.4. The number of aromatic nitrogens is 11. The van der Waals surface area contributed by atoms with Crippen molar-refractivity contribution in [1.29, 1.82) is 0 Å². The van der Waals surface area contributed by atoms with Gasteiger partial charge in [-0.3, -0.25) is 32.0 Å². The molecule has 0 aliphatic rings. The molecule has 0 atom stereocenters. The van der Waals surface area contributed by atoms with Crippen molar-refractivity contribution in [3.05, 3.63) is 444 Å². The van der Waals surface area contributed by atoms with Crippen LogP contribution in [0.4, 0.5) is 0 Å². The normalized spacial score (nSPS) is 12.1. The van der Waals surface area contributed by atoms with Gasteiger partial charge in [0.05, 0.1) is 104 Å². The molecule has 18 aromatic heterocycles. The van der Waals surface area contributed by atoms with Crippen LogP contribution in [0, 0.1) is 0 Å². The van der Waals surface area contributed by atoms with Crippen molar-refractivity contribution in [3.63, 3.8) is 0 Å². The van der Waals surface area contributed by atoms with Gasteiger partial charge in [-0.2, -0.15) is 0 Å². The van der Waals surface area contributed by atoms with Crippen LogP contribution in [-0.2, 0) is 0 Å². The summed E-state index contributed by atoms with van der Waals surface area (Å²) in [6.45, 7) is 0. The molecule has 32 rings (SSSR count). The summed E-state index contributed by atoms with van der Waals surface area (Å²) >= 11 is 0. The highest BCUT2D eigenvalue weighted by Gasteiger charge is 2.27. The molecule has 0 N–H and O–H groups in total. The van der Waals surface area contributed by atoms with Crippen LogP contribution in [0.15, 0.2) is 475 Å². The lowest BCUT2D eigenvalue weighted by atomic mass is 10.1. The molecule has 0 saturated heterocycles. The first-order valence-corrected chi connectivity index (χ1v) is 46.6. The van der Waals surface area contributed by atoms with Gasteiger partial charge in [0.25, 0.3) is 0 Å². The Balaban J connectivity index is 0.0000000988. The number of pyridine rings is 2. The van der Waals surface area contributed by atoms with E-state index in [4.69, 9.17) is 40.9 Å². The van der Waals surface area contributed by atoms with Crippen LogP contribution in [-0.4, -0.2) is 51.1 Å². The maximum Gasteiger partial charge on any atom is 0.213 e. The summed E-state index contributed by atoms with van der Waals surface area (Å²) in [5, 5.41) is 20.5. The molecule has 0 saturated carbocycles. The highest BCUT2D eigenvalue weighted by Crippen LogP contribution is 2.46. The second-order valence-electron chi connectivity index (χ2n) is 35.7. The highest BCUT2D eigenvalue weighted by molar-refractivity contribution is 6.17. The smallest absolute Gasteiger partial charge is 0.213 e. The summed E-state index contributed by atoms with van der Waals surface area (Å²) in [6.07, 6.45) is 14.5. The van der Waals surface area contributed by atoms with Gasteiger partial charge in [0.15, 0.2) is 0 Å². The molecular weight excluding hydrogens is 1730 g/mol. The minimum atomic E-state index is 0.750. The molecule has 18 nitrogen and oxygen atoms in total. The molecule has 0 spiro atoms. The van der Waals surface area contributed by atoms with Gasteiger partial charge in [-0.15, -0.1) is 0 Å². The maximum atomic E-state index is 6.31. The van der Waals surface area contributed by atoms with Gasteiger partial charge in [-0.25, -0.2) is 9.97 Å². The van der Waals surface area contributed by atoms with Crippen molar-refractivity contribution in [1.82, 2.24) is 51.1 Å². The molecule has 14 aromatic carbocycles. The molecule has 0 unspecified atom stereocenters. The van der Waals surface area contributed by atoms with Crippen LogP contribution in [0.3, 0.4) is 0 Å². The number of furan rings is 7. The van der Waals surface area contributed by atoms with Crippen molar-refractivity contribution in [2.24, 2.45) is 0 Å². The van der Waals surface area contributed by atoms with Crippen LogP contribution in [0.2, 0.25) is 0 Å². The molecule has 140 heavy (non-hydrogen) atoms. The fourth-order valence-corrected chi connectivity index (χ4v) is 22.2. The Bertz CT molecular complexity index is 10200. The van der Waals surface area contributed by atoms with Crippen molar-refractivity contribution in [3.8, 4) is 73.8 Å². The van der Waals surface area contributed by atoms with Crippen LogP contribution in [0.1, 0.15) is 0 Å². The van der Waals surface area contributed by atoms with Crippen LogP contribution in [0.25, 0.3) is 272 Å². The lowest BCUT2D eigenvalue weighted by molar-refractivity contribution is 0.594. The van der Waals surface area contributed by atoms with E-state index in [1.165, 1.54) is 49.0 Å². The molecule has 18 heteroatoms. The van der Waals surface area contributed by atoms with Crippen LogP contribution >= 0.6 is 0 Å². The third-order valence-electron chi connectivity index (χ3n) is 28.2. The molecule has 32 aromatic rings. The minimum Gasteiger partial charge on any atom is -0.447 e. The maximum absolute atomic E-state index is 6.31. The average Bonchev–Trinajstić information content (AvgIpc) is 1.56. The number of fused-ring (bicyclic) bond motifs is 27. The zero-order chi connectivity index (χ0) is 91.5. The quantitative estimate of drug-likeness (QED) is 0.123. The Morgan fingerprint density at radius 3 is 0.979 bits per heavy atom. The molecule has 0 aliphatic heterocycles. The summed E-state index contributed by atoms with van der Waals surface area (Å²) < 4.78 is 62.3. The van der Waals surface area contributed by atoms with Crippen molar-refractivity contribution in [2.45, 2.75) is 0 Å². The van der Waals surface area contributed by atoms with E-state index in [0.29, 0.717) is 0 Å². The number of nitrogens with zero attached hydrogens (tertiary/aromatic N) is 11. The number of rotatable bonds is 11. The second kappa shape index (κ2) is 30.0. The number of hydrogen-bond acceptors (Lipinski definition) is 9. The van der Waals surface area contributed by atoms with Crippen molar-refractivity contribution >= 4 is 198 Å². The van der Waals surface area contributed by atoms with Crippen molar-refractivity contribution < 1.29 is 30.9 Å². The first-order valence-electron chi connectivity index (χ1n) is 46.6. The Morgan fingerprint density at radius 2 is 0.493 bits per heavy atom. The molecule has 0 fully saturated rings. The Morgan fingerprint density at radius 1 is 0.179 bits per heavy atom. The van der Waals surface area contributed by atoms with Crippen molar-refractivity contribution in [2.75, 3.05) is 0 Å². The fourth-order valence-electron chi connectivity index (χ4n) is 22.2. The molecule has 18 heterocycles. The Kier molecular flexibility index (Phi) is 16.5. The summed E-state index contributed by atoms with van der Waals surface area (Å²) in [6, 6.07) is 138. The van der Waals surface area contributed by atoms with Crippen LogP contribution < -0.4 is 0 Å². The predicted molar refractivity (Wildman–Crippen MR) is 561 cm³/mol. The summed E-state index contributed by atoms with van der Waals surface area (Å²) in [5.41, 5.74) is 29.2. The SMILES string of the molecule is c1cc(-c2cccc(-n3c4ccc(-n5c6ccccc6c6ccoc65)cc4c4ccoc43)n2)cc(-n2c3ccccc3c3ccoc32)c1.c1cc(-c2ccnc(-n3c4ccccc4c4ccoc43)c2)cc(-n2c3ccc(-n4c5ccccc5c5ccoc54)cc3c3ccoc32)c1.c1cc(-n2ccc3c4ccccc4oc32)cc(-n2c3ccccc3c3cc(-n4c5ccccc5c5ccccc54)ccc32)c1. The zero-order valence-electron chi connectivity index (χ0n) is 74.4. The lowest BCUT2D eigenvalue weighted by Crippen LogP contribution is -1.99. The molecule has 658 valence electrons. The number of para-hydroxylation sites is 8. The summed E-state index contributed by atoms with van der Waals surface area (Å²) in [5.74, 6) is 1.58. The molecule has 0 bridgehead atoms. The van der Waals surface area contributed by atoms with Gasteiger partial charge in [-0.05, 0) is 223 Å². The number of hydrogen-bond donors (Lipinski definition) is 0. The monoisotopic (exact) mass is 1800 g/mol. The second-order valence-corrected chi connectivity index (χ2v) is 35.7. The first kappa shape index (κ1) is 77.0. The van der Waals surface area contributed by atoms with Crippen LogP contribution in [0.5, 0.6) is 0 Å². The Labute approximate surface area is 792 Å². The lowest BCUT2D eigenvalue weighted by Gasteiger charge is -2.12. The molecule has 0 radical (unpaired) electrons.